The van der Waals surface area contributed by atoms with Crippen LogP contribution in [0.4, 0.5) is 0 Å². The molecule has 1 aliphatic rings. The summed E-state index contributed by atoms with van der Waals surface area (Å²) in [6, 6.07) is 7.72. The maximum atomic E-state index is 12.4. The topological polar surface area (TPSA) is 83.0 Å². The van der Waals surface area contributed by atoms with E-state index in [0.29, 0.717) is 38.7 Å². The van der Waals surface area contributed by atoms with Crippen LogP contribution in [0.3, 0.4) is 0 Å². The van der Waals surface area contributed by atoms with Crippen LogP contribution in [-0.2, 0) is 16.6 Å². The number of rotatable bonds is 8. The highest BCUT2D eigenvalue weighted by atomic mass is 127. The molecule has 0 amide bonds. The van der Waals surface area contributed by atoms with E-state index in [2.05, 4.69) is 15.6 Å². The number of sulfonamides is 1. The van der Waals surface area contributed by atoms with E-state index < -0.39 is 10.0 Å². The molecule has 0 saturated carbocycles. The molecule has 0 atom stereocenters. The molecule has 2 rings (SSSR count). The van der Waals surface area contributed by atoms with Crippen LogP contribution in [0.15, 0.2) is 29.3 Å². The molecular weight excluding hydrogens is 499 g/mol. The van der Waals surface area contributed by atoms with Crippen LogP contribution in [0.2, 0.25) is 0 Å². The van der Waals surface area contributed by atoms with Crippen molar-refractivity contribution in [3.63, 3.8) is 0 Å². The Bertz CT molecular complexity index is 678. The maximum Gasteiger partial charge on any atom is 0.215 e. The number of halogens is 1. The van der Waals surface area contributed by atoms with Crippen molar-refractivity contribution in [2.75, 3.05) is 50.5 Å². The SMILES string of the molecule is CCNC(=NCc1ccc(OC)cc1)NCCS(=O)(=O)N1CCSCC1.I. The Morgan fingerprint density at radius 2 is 1.89 bits per heavy atom. The monoisotopic (exact) mass is 528 g/mol. The van der Waals surface area contributed by atoms with Gasteiger partial charge in [0, 0.05) is 37.7 Å². The van der Waals surface area contributed by atoms with Gasteiger partial charge >= 0.3 is 0 Å². The van der Waals surface area contributed by atoms with Crippen molar-refractivity contribution in [3.8, 4) is 5.75 Å². The number of aliphatic imine (C=N–C) groups is 1. The van der Waals surface area contributed by atoms with Crippen molar-refractivity contribution in [1.82, 2.24) is 14.9 Å². The second kappa shape index (κ2) is 12.7. The molecule has 1 aliphatic heterocycles. The number of nitrogens with zero attached hydrogens (tertiary/aromatic N) is 2. The average molecular weight is 528 g/mol. The number of nitrogens with one attached hydrogen (secondary N) is 2. The molecule has 0 radical (unpaired) electrons. The van der Waals surface area contributed by atoms with Crippen LogP contribution in [0.25, 0.3) is 0 Å². The lowest BCUT2D eigenvalue weighted by Crippen LogP contribution is -2.44. The van der Waals surface area contributed by atoms with Crippen molar-refractivity contribution >= 4 is 51.7 Å². The van der Waals surface area contributed by atoms with Gasteiger partial charge in [-0.15, -0.1) is 24.0 Å². The van der Waals surface area contributed by atoms with Gasteiger partial charge in [0.15, 0.2) is 5.96 Å². The number of methoxy groups -OCH3 is 1. The van der Waals surface area contributed by atoms with Crippen molar-refractivity contribution in [3.05, 3.63) is 29.8 Å². The Kier molecular flexibility index (Phi) is 11.4. The Balaban J connectivity index is 0.00000364. The van der Waals surface area contributed by atoms with Gasteiger partial charge in [-0.05, 0) is 24.6 Å². The lowest BCUT2D eigenvalue weighted by atomic mass is 10.2. The van der Waals surface area contributed by atoms with Crippen LogP contribution in [-0.4, -0.2) is 69.2 Å². The maximum absolute atomic E-state index is 12.4. The fourth-order valence-electron chi connectivity index (χ4n) is 2.50. The van der Waals surface area contributed by atoms with Gasteiger partial charge < -0.3 is 15.4 Å². The summed E-state index contributed by atoms with van der Waals surface area (Å²) >= 11 is 1.80. The quantitative estimate of drug-likeness (QED) is 0.304. The normalized spacial score (nSPS) is 15.7. The van der Waals surface area contributed by atoms with E-state index in [4.69, 9.17) is 4.74 Å². The Morgan fingerprint density at radius 3 is 2.48 bits per heavy atom. The summed E-state index contributed by atoms with van der Waals surface area (Å²) in [4.78, 5) is 4.51. The molecule has 1 aromatic rings. The van der Waals surface area contributed by atoms with Crippen molar-refractivity contribution < 1.29 is 13.2 Å². The number of benzene rings is 1. The van der Waals surface area contributed by atoms with Gasteiger partial charge in [0.05, 0.1) is 19.4 Å². The van der Waals surface area contributed by atoms with Gasteiger partial charge in [0.25, 0.3) is 0 Å². The van der Waals surface area contributed by atoms with Gasteiger partial charge in [-0.3, -0.25) is 0 Å². The molecule has 1 heterocycles. The first-order valence-corrected chi connectivity index (χ1v) is 11.5. The molecule has 0 aliphatic carbocycles. The first-order valence-electron chi connectivity index (χ1n) is 8.76. The highest BCUT2D eigenvalue weighted by Crippen LogP contribution is 2.13. The second-order valence-corrected chi connectivity index (χ2v) is 9.11. The second-order valence-electron chi connectivity index (χ2n) is 5.80. The highest BCUT2D eigenvalue weighted by molar-refractivity contribution is 14.0. The van der Waals surface area contributed by atoms with E-state index in [9.17, 15) is 8.42 Å². The average Bonchev–Trinajstić information content (AvgIpc) is 2.67. The molecule has 10 heteroatoms. The van der Waals surface area contributed by atoms with Gasteiger partial charge in [-0.1, -0.05) is 12.1 Å². The standard InChI is InChI=1S/C17H28N4O3S2.HI/c1-3-18-17(20-14-15-4-6-16(24-2)7-5-15)19-8-13-26(22,23)21-9-11-25-12-10-21;/h4-7H,3,8-14H2,1-2H3,(H2,18,19,20);1H. The lowest BCUT2D eigenvalue weighted by Gasteiger charge is -2.25. The van der Waals surface area contributed by atoms with Crippen LogP contribution in [0, 0.1) is 0 Å². The number of ether oxygens (including phenoxy) is 1. The van der Waals surface area contributed by atoms with Gasteiger partial charge in [-0.2, -0.15) is 11.8 Å². The van der Waals surface area contributed by atoms with Crippen LogP contribution in [0.1, 0.15) is 12.5 Å². The molecule has 0 bridgehead atoms. The predicted molar refractivity (Wildman–Crippen MR) is 124 cm³/mol. The molecule has 2 N–H and O–H groups in total. The van der Waals surface area contributed by atoms with Gasteiger partial charge in [0.1, 0.15) is 5.75 Å². The predicted octanol–water partition coefficient (Wildman–Crippen LogP) is 1.75. The minimum Gasteiger partial charge on any atom is -0.497 e. The van der Waals surface area contributed by atoms with Crippen LogP contribution < -0.4 is 15.4 Å². The molecule has 0 spiro atoms. The van der Waals surface area contributed by atoms with Gasteiger partial charge in [0.2, 0.25) is 10.0 Å². The minimum atomic E-state index is -3.21. The lowest BCUT2D eigenvalue weighted by molar-refractivity contribution is 0.414. The van der Waals surface area contributed by atoms with Crippen molar-refractivity contribution in [1.29, 1.82) is 0 Å². The Morgan fingerprint density at radius 1 is 1.22 bits per heavy atom. The first-order chi connectivity index (χ1) is 12.5. The Hall–Kier alpha value is -0.720. The third kappa shape index (κ3) is 8.44. The molecule has 1 aromatic carbocycles. The smallest absolute Gasteiger partial charge is 0.215 e. The zero-order valence-electron chi connectivity index (χ0n) is 15.8. The number of hydrogen-bond donors (Lipinski definition) is 2. The van der Waals surface area contributed by atoms with E-state index in [1.165, 1.54) is 0 Å². The highest BCUT2D eigenvalue weighted by Gasteiger charge is 2.23. The molecule has 154 valence electrons. The third-order valence-corrected chi connectivity index (χ3v) is 6.75. The third-order valence-electron chi connectivity index (χ3n) is 3.94. The van der Waals surface area contributed by atoms with E-state index in [0.717, 1.165) is 22.8 Å². The summed E-state index contributed by atoms with van der Waals surface area (Å²) in [6.45, 7) is 4.75. The minimum absolute atomic E-state index is 0. The number of hydrogen-bond acceptors (Lipinski definition) is 5. The van der Waals surface area contributed by atoms with E-state index in [-0.39, 0.29) is 29.7 Å². The van der Waals surface area contributed by atoms with E-state index in [1.54, 1.807) is 23.2 Å². The number of thioether (sulfide) groups is 1. The molecule has 1 saturated heterocycles. The van der Waals surface area contributed by atoms with Gasteiger partial charge in [-0.25, -0.2) is 17.7 Å². The largest absolute Gasteiger partial charge is 0.497 e. The number of guanidine groups is 1. The summed E-state index contributed by atoms with van der Waals surface area (Å²) in [5.41, 5.74) is 1.06. The molecule has 7 nitrogen and oxygen atoms in total. The summed E-state index contributed by atoms with van der Waals surface area (Å²) in [6.07, 6.45) is 0. The zero-order valence-corrected chi connectivity index (χ0v) is 19.8. The molecule has 0 aromatic heterocycles. The van der Waals surface area contributed by atoms with Crippen LogP contribution >= 0.6 is 35.7 Å². The Labute approximate surface area is 183 Å². The van der Waals surface area contributed by atoms with Crippen LogP contribution in [0.5, 0.6) is 5.75 Å². The van der Waals surface area contributed by atoms with Crippen molar-refractivity contribution in [2.45, 2.75) is 13.5 Å². The fraction of sp³-hybridized carbons (Fsp3) is 0.588. The zero-order chi connectivity index (χ0) is 18.8. The van der Waals surface area contributed by atoms with E-state index >= 15 is 0 Å². The molecular formula is C17H29IN4O3S2. The summed E-state index contributed by atoms with van der Waals surface area (Å²) < 4.78 is 31.5. The summed E-state index contributed by atoms with van der Waals surface area (Å²) in [5.74, 6) is 3.25. The summed E-state index contributed by atoms with van der Waals surface area (Å²) in [5, 5.41) is 6.26. The molecule has 27 heavy (non-hydrogen) atoms. The molecule has 0 unspecified atom stereocenters. The first kappa shape index (κ1) is 24.3. The molecule has 1 fully saturated rings. The van der Waals surface area contributed by atoms with Crippen molar-refractivity contribution in [2.24, 2.45) is 4.99 Å². The summed E-state index contributed by atoms with van der Waals surface area (Å²) in [7, 11) is -1.57. The fourth-order valence-corrected chi connectivity index (χ4v) is 4.99. The van der Waals surface area contributed by atoms with E-state index in [1.807, 2.05) is 31.2 Å².